The Kier molecular flexibility index (Phi) is 11.0. The number of rotatable bonds is 13. The fourth-order valence-corrected chi connectivity index (χ4v) is 5.85. The number of phenolic OH excluding ortho intramolecular Hbond substituents is 1. The van der Waals surface area contributed by atoms with Crippen LogP contribution in [0.1, 0.15) is 66.4 Å². The van der Waals surface area contributed by atoms with Crippen LogP contribution in [0, 0.1) is 10.1 Å². The topological polar surface area (TPSA) is 215 Å². The van der Waals surface area contributed by atoms with Gasteiger partial charge in [0.2, 0.25) is 0 Å². The molecule has 6 aromatic rings. The molecule has 57 heavy (non-hydrogen) atoms. The number of nitro benzene ring substituents is 1. The maximum absolute atomic E-state index is 12.8. The molecule has 2 amide bonds. The number of non-ortho nitro benzene ring substituents is 1. The van der Waals surface area contributed by atoms with Crippen LogP contribution in [-0.2, 0) is 5.41 Å². The van der Waals surface area contributed by atoms with Crippen LogP contribution in [0.3, 0.4) is 0 Å². The Morgan fingerprint density at radius 2 is 0.947 bits per heavy atom. The molecule has 0 aliphatic rings. The lowest BCUT2D eigenvalue weighted by Crippen LogP contribution is -2.18. The maximum atomic E-state index is 12.8. The van der Waals surface area contributed by atoms with Gasteiger partial charge in [-0.2, -0.15) is 0 Å². The number of nitro groups is 1. The van der Waals surface area contributed by atoms with Gasteiger partial charge in [0.15, 0.2) is 0 Å². The second-order valence-corrected chi connectivity index (χ2v) is 13.2. The molecule has 0 saturated carbocycles. The minimum absolute atomic E-state index is 0.0917. The van der Waals surface area contributed by atoms with Gasteiger partial charge in [-0.25, -0.2) is 9.59 Å². The van der Waals surface area contributed by atoms with Crippen molar-refractivity contribution in [1.82, 2.24) is 0 Å². The number of ether oxygens (including phenoxy) is 2. The number of amides is 2. The molecular formula is C43H33N3O11. The number of carboxylic acids is 2. The highest BCUT2D eigenvalue weighted by molar-refractivity contribution is 6.12. The molecule has 0 aliphatic heterocycles. The van der Waals surface area contributed by atoms with Gasteiger partial charge in [-0.1, -0.05) is 38.1 Å². The molecule has 0 saturated heterocycles. The summed E-state index contributed by atoms with van der Waals surface area (Å²) < 4.78 is 12.0. The minimum Gasteiger partial charge on any atom is -0.508 e. The number of nitrogens with zero attached hydrogens (tertiary/aromatic N) is 1. The lowest BCUT2D eigenvalue weighted by molar-refractivity contribution is -0.384. The molecule has 286 valence electrons. The highest BCUT2D eigenvalue weighted by Gasteiger charge is 2.24. The first kappa shape index (κ1) is 38.7. The van der Waals surface area contributed by atoms with Crippen molar-refractivity contribution in [2.45, 2.75) is 19.3 Å². The second kappa shape index (κ2) is 16.2. The summed E-state index contributed by atoms with van der Waals surface area (Å²) in [7, 11) is 0. The Balaban J connectivity index is 1.04. The normalized spacial score (nSPS) is 10.9. The van der Waals surface area contributed by atoms with Crippen LogP contribution in [0.2, 0.25) is 0 Å². The lowest BCUT2D eigenvalue weighted by Gasteiger charge is -2.26. The van der Waals surface area contributed by atoms with E-state index in [2.05, 4.69) is 24.5 Å². The van der Waals surface area contributed by atoms with Crippen LogP contribution in [0.15, 0.2) is 133 Å². The standard InChI is InChI=1S/C43H33N3O11/c1-43(2,25-3-13-31(14-4-25)56-33-17-7-27(8-18-33)44-39(48)35-22-12-30(47)24-38(35)42(52)53)26-5-15-32(16-6-26)57-34-19-9-28(10-20-34)45-40(49)37-23-29(46(54)55)11-21-36(37)41(50)51/h3-24,47H,1-2H3,(H,44,48)(H,45,49)(H,50,51)(H,52,53). The predicted molar refractivity (Wildman–Crippen MR) is 209 cm³/mol. The molecule has 0 aromatic heterocycles. The number of hydrogen-bond donors (Lipinski definition) is 5. The fraction of sp³-hybridized carbons (Fsp3) is 0.0698. The minimum atomic E-state index is -1.39. The lowest BCUT2D eigenvalue weighted by atomic mass is 9.78. The fourth-order valence-electron chi connectivity index (χ4n) is 5.85. The molecule has 0 aliphatic carbocycles. The van der Waals surface area contributed by atoms with Crippen LogP contribution < -0.4 is 20.1 Å². The van der Waals surface area contributed by atoms with Crippen LogP contribution in [0.4, 0.5) is 17.1 Å². The number of benzene rings is 6. The Morgan fingerprint density at radius 1 is 0.544 bits per heavy atom. The third-order valence-corrected chi connectivity index (χ3v) is 9.01. The summed E-state index contributed by atoms with van der Waals surface area (Å²) in [5.74, 6) is -2.30. The van der Waals surface area contributed by atoms with Crippen LogP contribution in [-0.4, -0.2) is 44.0 Å². The first-order valence-electron chi connectivity index (χ1n) is 17.2. The average Bonchev–Trinajstić information content (AvgIpc) is 3.19. The van der Waals surface area contributed by atoms with Gasteiger partial charge in [0.1, 0.15) is 28.7 Å². The van der Waals surface area contributed by atoms with E-state index in [4.69, 9.17) is 9.47 Å². The number of carbonyl (C=O) groups is 4. The molecule has 0 spiro atoms. The molecule has 14 heteroatoms. The first-order chi connectivity index (χ1) is 27.2. The molecule has 0 bridgehead atoms. The monoisotopic (exact) mass is 767 g/mol. The smallest absolute Gasteiger partial charge is 0.336 e. The van der Waals surface area contributed by atoms with Gasteiger partial charge in [0, 0.05) is 28.9 Å². The quantitative estimate of drug-likeness (QED) is 0.0552. The maximum Gasteiger partial charge on any atom is 0.336 e. The van der Waals surface area contributed by atoms with Crippen molar-refractivity contribution in [2.75, 3.05) is 10.6 Å². The molecule has 6 rings (SSSR count). The zero-order valence-electron chi connectivity index (χ0n) is 30.3. The van der Waals surface area contributed by atoms with Gasteiger partial charge in [0.25, 0.3) is 17.5 Å². The van der Waals surface area contributed by atoms with Crippen molar-refractivity contribution < 1.29 is 48.9 Å². The molecular weight excluding hydrogens is 734 g/mol. The zero-order chi connectivity index (χ0) is 40.9. The Hall–Kier alpha value is -8.00. The van der Waals surface area contributed by atoms with Gasteiger partial charge in [-0.15, -0.1) is 0 Å². The SMILES string of the molecule is CC(C)(c1ccc(Oc2ccc(NC(=O)c3ccc(O)cc3C(=O)O)cc2)cc1)c1ccc(Oc2ccc(NC(=O)c3cc([N+](=O)[O-])ccc3C(=O)O)cc2)cc1. The Bertz CT molecular complexity index is 2500. The van der Waals surface area contributed by atoms with Crippen LogP contribution in [0.5, 0.6) is 28.7 Å². The van der Waals surface area contributed by atoms with E-state index in [1.54, 1.807) is 48.5 Å². The molecule has 0 heterocycles. The summed E-state index contributed by atoms with van der Waals surface area (Å²) in [4.78, 5) is 59.1. The summed E-state index contributed by atoms with van der Waals surface area (Å²) in [6.45, 7) is 4.17. The Morgan fingerprint density at radius 3 is 1.37 bits per heavy atom. The molecule has 5 N–H and O–H groups in total. The van der Waals surface area contributed by atoms with Gasteiger partial charge >= 0.3 is 11.9 Å². The molecule has 6 aromatic carbocycles. The van der Waals surface area contributed by atoms with Crippen LogP contribution in [0.25, 0.3) is 0 Å². The van der Waals surface area contributed by atoms with E-state index in [9.17, 15) is 44.6 Å². The van der Waals surface area contributed by atoms with E-state index in [0.29, 0.717) is 34.4 Å². The number of hydrogen-bond acceptors (Lipinski definition) is 9. The van der Waals surface area contributed by atoms with Gasteiger partial charge in [0.05, 0.1) is 27.2 Å². The van der Waals surface area contributed by atoms with E-state index < -0.39 is 39.8 Å². The van der Waals surface area contributed by atoms with Crippen LogP contribution >= 0.6 is 0 Å². The van der Waals surface area contributed by atoms with E-state index in [1.807, 2.05) is 48.5 Å². The molecule has 0 atom stereocenters. The van der Waals surface area contributed by atoms with E-state index in [0.717, 1.165) is 35.4 Å². The van der Waals surface area contributed by atoms with Crippen molar-refractivity contribution in [3.8, 4) is 28.7 Å². The number of phenols is 1. The van der Waals surface area contributed by atoms with Crippen molar-refractivity contribution in [3.05, 3.63) is 177 Å². The highest BCUT2D eigenvalue weighted by atomic mass is 16.6. The summed E-state index contributed by atoms with van der Waals surface area (Å²) in [5, 5.41) is 44.8. The third-order valence-electron chi connectivity index (χ3n) is 9.01. The van der Waals surface area contributed by atoms with Gasteiger partial charge in [-0.05, 0) is 108 Å². The van der Waals surface area contributed by atoms with Crippen molar-refractivity contribution in [3.63, 3.8) is 0 Å². The van der Waals surface area contributed by atoms with E-state index in [-0.39, 0.29) is 28.0 Å². The molecule has 0 radical (unpaired) electrons. The number of carbonyl (C=O) groups excluding carboxylic acids is 2. The summed E-state index contributed by atoms with van der Waals surface area (Å²) >= 11 is 0. The number of anilines is 2. The van der Waals surface area contributed by atoms with Gasteiger partial charge < -0.3 is 35.4 Å². The average molecular weight is 768 g/mol. The molecule has 0 unspecified atom stereocenters. The van der Waals surface area contributed by atoms with Crippen molar-refractivity contribution in [2.24, 2.45) is 0 Å². The zero-order valence-corrected chi connectivity index (χ0v) is 30.3. The number of aromatic hydroxyl groups is 1. The summed E-state index contributed by atoms with van der Waals surface area (Å²) in [5.41, 5.74) is 0.869. The molecule has 14 nitrogen and oxygen atoms in total. The number of carboxylic acid groups (broad SMARTS) is 2. The van der Waals surface area contributed by atoms with Crippen molar-refractivity contribution in [1.29, 1.82) is 0 Å². The number of aromatic carboxylic acids is 2. The Labute approximate surface area is 324 Å². The van der Waals surface area contributed by atoms with E-state index >= 15 is 0 Å². The third kappa shape index (κ3) is 9.04. The summed E-state index contributed by atoms with van der Waals surface area (Å²) in [6, 6.07) is 34.6. The summed E-state index contributed by atoms with van der Waals surface area (Å²) in [6.07, 6.45) is 0. The second-order valence-electron chi connectivity index (χ2n) is 13.2. The first-order valence-corrected chi connectivity index (χ1v) is 17.2. The highest BCUT2D eigenvalue weighted by Crippen LogP contribution is 2.35. The van der Waals surface area contributed by atoms with Crippen molar-refractivity contribution >= 4 is 40.8 Å². The van der Waals surface area contributed by atoms with E-state index in [1.165, 1.54) is 12.1 Å². The predicted octanol–water partition coefficient (Wildman–Crippen LogP) is 9.11. The largest absolute Gasteiger partial charge is 0.508 e. The molecule has 0 fully saturated rings. The van der Waals surface area contributed by atoms with Gasteiger partial charge in [-0.3, -0.25) is 19.7 Å². The number of nitrogens with one attached hydrogen (secondary N) is 2.